The average molecular weight is 489 g/mol. The van der Waals surface area contributed by atoms with Crippen LogP contribution < -0.4 is 0 Å². The second-order valence-corrected chi connectivity index (χ2v) is 10.3. The van der Waals surface area contributed by atoms with Crippen LogP contribution in [0, 0.1) is 0 Å². The Hall–Kier alpha value is -1.31. The maximum atomic E-state index is 9.37. The summed E-state index contributed by atoms with van der Waals surface area (Å²) in [6.45, 7) is 1.60. The molecule has 0 aliphatic heterocycles. The Balaban J connectivity index is 0.000000453. The molecule has 0 aromatic heterocycles. The summed E-state index contributed by atoms with van der Waals surface area (Å²) in [4.78, 5) is 9.37. The fourth-order valence-electron chi connectivity index (χ4n) is 4.40. The van der Waals surface area contributed by atoms with Crippen molar-refractivity contribution in [2.24, 2.45) is 0 Å². The van der Waals surface area contributed by atoms with Crippen molar-refractivity contribution in [3.05, 3.63) is 36.5 Å². The monoisotopic (exact) mass is 488 g/mol. The zero-order chi connectivity index (χ0) is 25.5. The summed E-state index contributed by atoms with van der Waals surface area (Å²) in [5.74, 6) is -0.745. The second kappa shape index (κ2) is 30.7. The Morgan fingerprint density at radius 1 is 0.429 bits per heavy atom. The molecule has 0 bridgehead atoms. The fourth-order valence-corrected chi connectivity index (χ4v) is 4.40. The van der Waals surface area contributed by atoms with Crippen LogP contribution >= 0.6 is 0 Å². The van der Waals surface area contributed by atoms with Crippen LogP contribution in [-0.2, 0) is 4.79 Å². The third-order valence-electron chi connectivity index (χ3n) is 6.78. The SMILES string of the molecule is C1=CCCCCCCCC1.C1=CCCCCCCCC1.C1=CCCCCCCCC1.CCC(=O)O. The quantitative estimate of drug-likeness (QED) is 0.372. The van der Waals surface area contributed by atoms with Crippen LogP contribution in [0.2, 0.25) is 0 Å². The van der Waals surface area contributed by atoms with Crippen molar-refractivity contribution in [1.82, 2.24) is 0 Å². The van der Waals surface area contributed by atoms with E-state index < -0.39 is 5.97 Å². The maximum Gasteiger partial charge on any atom is 0.303 e. The van der Waals surface area contributed by atoms with E-state index in [-0.39, 0.29) is 6.42 Å². The highest BCUT2D eigenvalue weighted by atomic mass is 16.4. The van der Waals surface area contributed by atoms with Crippen molar-refractivity contribution in [2.45, 2.75) is 167 Å². The normalized spacial score (nSPS) is 20.3. The number of hydrogen-bond donors (Lipinski definition) is 1. The smallest absolute Gasteiger partial charge is 0.303 e. The number of allylic oxidation sites excluding steroid dienone is 6. The second-order valence-electron chi connectivity index (χ2n) is 10.3. The van der Waals surface area contributed by atoms with Gasteiger partial charge < -0.3 is 5.11 Å². The molecule has 2 heteroatoms. The van der Waals surface area contributed by atoms with Gasteiger partial charge in [0.1, 0.15) is 0 Å². The van der Waals surface area contributed by atoms with Gasteiger partial charge in [0, 0.05) is 6.42 Å². The summed E-state index contributed by atoms with van der Waals surface area (Å²) in [7, 11) is 0. The van der Waals surface area contributed by atoms with Crippen LogP contribution in [0.5, 0.6) is 0 Å². The van der Waals surface area contributed by atoms with Crippen molar-refractivity contribution < 1.29 is 9.90 Å². The summed E-state index contributed by atoms with van der Waals surface area (Å²) in [5, 5.41) is 7.72. The van der Waals surface area contributed by atoms with E-state index in [1.54, 1.807) is 6.92 Å². The Labute approximate surface area is 219 Å². The molecule has 0 heterocycles. The molecule has 0 spiro atoms. The molecule has 0 unspecified atom stereocenters. The van der Waals surface area contributed by atoms with Gasteiger partial charge in [-0.1, -0.05) is 120 Å². The molecule has 0 atom stereocenters. The van der Waals surface area contributed by atoms with Crippen LogP contribution in [0.15, 0.2) is 36.5 Å². The molecular formula is C33H60O2. The number of carboxylic acids is 1. The van der Waals surface area contributed by atoms with Crippen LogP contribution in [-0.4, -0.2) is 11.1 Å². The van der Waals surface area contributed by atoms with E-state index in [1.165, 1.54) is 154 Å². The van der Waals surface area contributed by atoms with Gasteiger partial charge in [-0.15, -0.1) is 0 Å². The summed E-state index contributed by atoms with van der Waals surface area (Å²) in [6, 6.07) is 0. The van der Waals surface area contributed by atoms with Crippen LogP contribution in [0.3, 0.4) is 0 Å². The molecule has 0 amide bonds. The molecule has 0 aromatic carbocycles. The third kappa shape index (κ3) is 32.7. The van der Waals surface area contributed by atoms with Gasteiger partial charge in [0.25, 0.3) is 0 Å². The molecule has 204 valence electrons. The standard InChI is InChI=1S/3C10H18.C3H6O2/c3*1-2-4-6-8-10-9-7-5-3-1;1-2-3(4)5/h3*1-2H,3-10H2;2H2,1H3,(H,4,5). The number of carbonyl (C=O) groups is 1. The van der Waals surface area contributed by atoms with E-state index in [0.717, 1.165) is 0 Å². The van der Waals surface area contributed by atoms with E-state index in [1.807, 2.05) is 0 Å². The van der Waals surface area contributed by atoms with Gasteiger partial charge in [0.05, 0.1) is 0 Å². The van der Waals surface area contributed by atoms with Crippen LogP contribution in [0.25, 0.3) is 0 Å². The van der Waals surface area contributed by atoms with Gasteiger partial charge in [0.15, 0.2) is 0 Å². The molecule has 3 rings (SSSR count). The van der Waals surface area contributed by atoms with Crippen molar-refractivity contribution in [3.8, 4) is 0 Å². The van der Waals surface area contributed by atoms with Crippen molar-refractivity contribution in [1.29, 1.82) is 0 Å². The van der Waals surface area contributed by atoms with Crippen molar-refractivity contribution >= 4 is 5.97 Å². The van der Waals surface area contributed by atoms with E-state index >= 15 is 0 Å². The van der Waals surface area contributed by atoms with Gasteiger partial charge in [-0.05, 0) is 77.0 Å². The van der Waals surface area contributed by atoms with E-state index in [9.17, 15) is 4.79 Å². The molecule has 0 fully saturated rings. The fraction of sp³-hybridized carbons (Fsp3) is 0.788. The highest BCUT2D eigenvalue weighted by molar-refractivity contribution is 5.66. The average Bonchev–Trinajstić information content (AvgIpc) is 2.91. The minimum atomic E-state index is -0.745. The van der Waals surface area contributed by atoms with Gasteiger partial charge in [-0.25, -0.2) is 0 Å². The van der Waals surface area contributed by atoms with Crippen LogP contribution in [0.4, 0.5) is 0 Å². The first kappa shape index (κ1) is 33.7. The lowest BCUT2D eigenvalue weighted by molar-refractivity contribution is -0.136. The molecule has 3 aliphatic carbocycles. The summed E-state index contributed by atoms with van der Waals surface area (Å²) < 4.78 is 0. The third-order valence-corrected chi connectivity index (χ3v) is 6.78. The van der Waals surface area contributed by atoms with Gasteiger partial charge >= 0.3 is 5.97 Å². The summed E-state index contributed by atoms with van der Waals surface area (Å²) >= 11 is 0. The molecule has 1 N–H and O–H groups in total. The number of aliphatic carboxylic acids is 1. The predicted octanol–water partition coefficient (Wildman–Crippen LogP) is 11.5. The highest BCUT2D eigenvalue weighted by Gasteiger charge is 1.93. The zero-order valence-electron chi connectivity index (χ0n) is 23.5. The Kier molecular flexibility index (Phi) is 29.6. The topological polar surface area (TPSA) is 37.3 Å². The highest BCUT2D eigenvalue weighted by Crippen LogP contribution is 2.13. The van der Waals surface area contributed by atoms with Crippen LogP contribution in [0.1, 0.15) is 167 Å². The molecule has 0 aromatic rings. The largest absolute Gasteiger partial charge is 0.481 e. The first-order chi connectivity index (χ1) is 17.3. The van der Waals surface area contributed by atoms with Crippen molar-refractivity contribution in [2.75, 3.05) is 0 Å². The van der Waals surface area contributed by atoms with E-state index in [0.29, 0.717) is 0 Å². The van der Waals surface area contributed by atoms with Gasteiger partial charge in [0.2, 0.25) is 0 Å². The molecule has 0 radical (unpaired) electrons. The van der Waals surface area contributed by atoms with E-state index in [2.05, 4.69) is 36.5 Å². The molecule has 0 saturated carbocycles. The predicted molar refractivity (Wildman–Crippen MR) is 156 cm³/mol. The Morgan fingerprint density at radius 3 is 0.714 bits per heavy atom. The first-order valence-electron chi connectivity index (χ1n) is 15.4. The Bertz CT molecular complexity index is 405. The van der Waals surface area contributed by atoms with E-state index in [4.69, 9.17) is 5.11 Å². The minimum Gasteiger partial charge on any atom is -0.481 e. The Morgan fingerprint density at radius 2 is 0.571 bits per heavy atom. The minimum absolute atomic E-state index is 0.222. The molecule has 3 aliphatic rings. The molecule has 35 heavy (non-hydrogen) atoms. The number of hydrogen-bond acceptors (Lipinski definition) is 1. The van der Waals surface area contributed by atoms with Crippen molar-refractivity contribution in [3.63, 3.8) is 0 Å². The molecule has 0 saturated heterocycles. The first-order valence-corrected chi connectivity index (χ1v) is 15.4. The van der Waals surface area contributed by atoms with Gasteiger partial charge in [-0.2, -0.15) is 0 Å². The maximum absolute atomic E-state index is 9.37. The lowest BCUT2D eigenvalue weighted by Gasteiger charge is -2.01. The lowest BCUT2D eigenvalue weighted by atomic mass is 10.1. The van der Waals surface area contributed by atoms with Gasteiger partial charge in [-0.3, -0.25) is 4.79 Å². The molecular weight excluding hydrogens is 428 g/mol. The number of rotatable bonds is 1. The number of carboxylic acid groups (broad SMARTS) is 1. The molecule has 2 nitrogen and oxygen atoms in total. The summed E-state index contributed by atoms with van der Waals surface area (Å²) in [5.41, 5.74) is 0. The summed E-state index contributed by atoms with van der Waals surface area (Å²) in [6.07, 6.45) is 48.2. The lowest BCUT2D eigenvalue weighted by Crippen LogP contribution is -1.86. The zero-order valence-corrected chi connectivity index (χ0v) is 23.5.